The van der Waals surface area contributed by atoms with Crippen LogP contribution in [0.4, 0.5) is 0 Å². The Balaban J connectivity index is 3.06. The van der Waals surface area contributed by atoms with E-state index in [1.165, 1.54) is 12.1 Å². The van der Waals surface area contributed by atoms with E-state index in [0.29, 0.717) is 0 Å². The second-order valence-corrected chi connectivity index (χ2v) is 2.78. The topological polar surface area (TPSA) is 100 Å². The van der Waals surface area contributed by atoms with Gasteiger partial charge in [0.05, 0.1) is 5.69 Å². The number of hydrogen-bond acceptors (Lipinski definition) is 4. The molecule has 74 valence electrons. The van der Waals surface area contributed by atoms with Crippen molar-refractivity contribution in [2.24, 2.45) is 0 Å². The van der Waals surface area contributed by atoms with Crippen molar-refractivity contribution in [3.63, 3.8) is 0 Å². The predicted molar refractivity (Wildman–Crippen MR) is 45.1 cm³/mol. The molecule has 0 amide bonds. The summed E-state index contributed by atoms with van der Waals surface area (Å²) < 4.78 is 0. The Hall–Kier alpha value is -1.69. The highest BCUT2D eigenvalue weighted by molar-refractivity contribution is 6.29. The molecule has 0 bridgehead atoms. The molecule has 0 radical (unpaired) electrons. The van der Waals surface area contributed by atoms with E-state index < -0.39 is 17.9 Å². The van der Waals surface area contributed by atoms with Gasteiger partial charge in [-0.2, -0.15) is 5.10 Å². The fourth-order valence-corrected chi connectivity index (χ4v) is 0.940. The van der Waals surface area contributed by atoms with Gasteiger partial charge >= 0.3 is 11.9 Å². The first-order chi connectivity index (χ1) is 6.52. The van der Waals surface area contributed by atoms with Gasteiger partial charge in [-0.25, -0.2) is 0 Å². The number of hydrogen-bond donors (Lipinski definition) is 2. The number of carboxylic acid groups (broad SMARTS) is 2. The number of nitrogens with zero attached hydrogens (tertiary/aromatic N) is 2. The second-order valence-electron chi connectivity index (χ2n) is 2.39. The standard InChI is InChI=1S/C7H5ClN2O4/c8-4-2-1-3(9-10-4)5(6(11)12)7(13)14/h1-2,5H,(H,11,12)(H,13,14). The molecule has 7 heteroatoms. The minimum atomic E-state index is -1.71. The largest absolute Gasteiger partial charge is 0.480 e. The first kappa shape index (κ1) is 10.4. The Kier molecular flexibility index (Phi) is 2.98. The average molecular weight is 217 g/mol. The van der Waals surface area contributed by atoms with E-state index in [2.05, 4.69) is 10.2 Å². The number of carbonyl (C=O) groups is 2. The van der Waals surface area contributed by atoms with Crippen LogP contribution in [0.3, 0.4) is 0 Å². The van der Waals surface area contributed by atoms with E-state index in [1.54, 1.807) is 0 Å². The van der Waals surface area contributed by atoms with Crippen LogP contribution < -0.4 is 0 Å². The van der Waals surface area contributed by atoms with Crippen molar-refractivity contribution in [1.29, 1.82) is 0 Å². The van der Waals surface area contributed by atoms with Gasteiger partial charge in [-0.3, -0.25) is 9.59 Å². The molecular weight excluding hydrogens is 212 g/mol. The maximum absolute atomic E-state index is 10.5. The summed E-state index contributed by atoms with van der Waals surface area (Å²) in [6.07, 6.45) is 0. The van der Waals surface area contributed by atoms with E-state index in [9.17, 15) is 9.59 Å². The van der Waals surface area contributed by atoms with Crippen molar-refractivity contribution in [2.45, 2.75) is 5.92 Å². The first-order valence-corrected chi connectivity index (χ1v) is 3.85. The van der Waals surface area contributed by atoms with Crippen LogP contribution in [0.25, 0.3) is 0 Å². The molecule has 1 heterocycles. The number of rotatable bonds is 3. The highest BCUT2D eigenvalue weighted by Crippen LogP contribution is 2.14. The third kappa shape index (κ3) is 2.17. The zero-order valence-corrected chi connectivity index (χ0v) is 7.47. The molecule has 0 aliphatic carbocycles. The molecule has 0 aliphatic heterocycles. The minimum absolute atomic E-state index is 0.0725. The van der Waals surface area contributed by atoms with Crippen LogP contribution in [0, 0.1) is 0 Å². The zero-order valence-electron chi connectivity index (χ0n) is 6.72. The van der Waals surface area contributed by atoms with Crippen molar-refractivity contribution in [2.75, 3.05) is 0 Å². The lowest BCUT2D eigenvalue weighted by molar-refractivity contribution is -0.150. The predicted octanol–water partition coefficient (Wildman–Crippen LogP) is 0.383. The summed E-state index contributed by atoms with van der Waals surface area (Å²) in [4.78, 5) is 21.1. The summed E-state index contributed by atoms with van der Waals surface area (Å²) >= 11 is 5.41. The van der Waals surface area contributed by atoms with Gasteiger partial charge in [0.25, 0.3) is 0 Å². The van der Waals surface area contributed by atoms with Gasteiger partial charge in [0.15, 0.2) is 11.1 Å². The number of carboxylic acids is 2. The maximum Gasteiger partial charge on any atom is 0.324 e. The van der Waals surface area contributed by atoms with Crippen molar-refractivity contribution in [1.82, 2.24) is 10.2 Å². The molecule has 1 aromatic heterocycles. The molecule has 14 heavy (non-hydrogen) atoms. The fourth-order valence-electron chi connectivity index (χ4n) is 0.839. The van der Waals surface area contributed by atoms with Crippen LogP contribution in [0.2, 0.25) is 5.15 Å². The SMILES string of the molecule is O=C(O)C(C(=O)O)c1ccc(Cl)nn1. The van der Waals surface area contributed by atoms with Crippen LogP contribution in [0.1, 0.15) is 11.6 Å². The number of halogens is 1. The molecule has 1 rings (SSSR count). The molecule has 0 fully saturated rings. The van der Waals surface area contributed by atoms with E-state index >= 15 is 0 Å². The normalized spacial score (nSPS) is 10.1. The molecule has 0 atom stereocenters. The summed E-state index contributed by atoms with van der Waals surface area (Å²) in [6, 6.07) is 2.49. The van der Waals surface area contributed by atoms with Crippen LogP contribution in [0.5, 0.6) is 0 Å². The number of aliphatic carboxylic acids is 2. The van der Waals surface area contributed by atoms with Crippen molar-refractivity contribution < 1.29 is 19.8 Å². The second kappa shape index (κ2) is 4.01. The monoisotopic (exact) mass is 216 g/mol. The zero-order chi connectivity index (χ0) is 10.7. The van der Waals surface area contributed by atoms with Crippen LogP contribution in [-0.2, 0) is 9.59 Å². The highest BCUT2D eigenvalue weighted by Gasteiger charge is 2.29. The molecule has 2 N–H and O–H groups in total. The van der Waals surface area contributed by atoms with Gasteiger partial charge in [-0.1, -0.05) is 11.6 Å². The van der Waals surface area contributed by atoms with Gasteiger partial charge in [0.2, 0.25) is 0 Å². The third-order valence-electron chi connectivity index (χ3n) is 1.44. The molecule has 1 aromatic rings. The van der Waals surface area contributed by atoms with Gasteiger partial charge in [-0.15, -0.1) is 5.10 Å². The first-order valence-electron chi connectivity index (χ1n) is 3.47. The summed E-state index contributed by atoms with van der Waals surface area (Å²) in [5.74, 6) is -4.69. The lowest BCUT2D eigenvalue weighted by atomic mass is 10.1. The average Bonchev–Trinajstić information content (AvgIpc) is 2.07. The van der Waals surface area contributed by atoms with Gasteiger partial charge in [0, 0.05) is 0 Å². The Bertz CT molecular complexity index is 350. The molecule has 0 unspecified atom stereocenters. The molecule has 0 aromatic carbocycles. The smallest absolute Gasteiger partial charge is 0.324 e. The Morgan fingerprint density at radius 2 is 1.79 bits per heavy atom. The highest BCUT2D eigenvalue weighted by atomic mass is 35.5. The summed E-state index contributed by atoms with van der Waals surface area (Å²) in [7, 11) is 0. The lowest BCUT2D eigenvalue weighted by Gasteiger charge is -2.04. The van der Waals surface area contributed by atoms with E-state index in [0.717, 1.165) is 0 Å². The molecular formula is C7H5ClN2O4. The quantitative estimate of drug-likeness (QED) is 0.709. The van der Waals surface area contributed by atoms with E-state index in [1.807, 2.05) is 0 Å². The molecule has 0 aliphatic rings. The fraction of sp³-hybridized carbons (Fsp3) is 0.143. The van der Waals surface area contributed by atoms with E-state index in [4.69, 9.17) is 21.8 Å². The third-order valence-corrected chi connectivity index (χ3v) is 1.64. The van der Waals surface area contributed by atoms with Gasteiger partial charge < -0.3 is 10.2 Å². The van der Waals surface area contributed by atoms with Crippen LogP contribution >= 0.6 is 11.6 Å². The van der Waals surface area contributed by atoms with Crippen LogP contribution in [0.15, 0.2) is 12.1 Å². The van der Waals surface area contributed by atoms with Gasteiger partial charge in [-0.05, 0) is 12.1 Å². The molecule has 6 nitrogen and oxygen atoms in total. The Labute approximate surface area is 83.1 Å². The van der Waals surface area contributed by atoms with Crippen molar-refractivity contribution >= 4 is 23.5 Å². The summed E-state index contributed by atoms with van der Waals surface area (Å²) in [5, 5.41) is 24.0. The Morgan fingerprint density at radius 1 is 1.21 bits per heavy atom. The molecule has 0 saturated heterocycles. The van der Waals surface area contributed by atoms with Gasteiger partial charge in [0.1, 0.15) is 0 Å². The minimum Gasteiger partial charge on any atom is -0.480 e. The van der Waals surface area contributed by atoms with Crippen molar-refractivity contribution in [3.8, 4) is 0 Å². The number of aromatic nitrogens is 2. The van der Waals surface area contributed by atoms with Crippen LogP contribution in [-0.4, -0.2) is 32.3 Å². The lowest BCUT2D eigenvalue weighted by Crippen LogP contribution is -2.22. The molecule has 0 saturated carbocycles. The summed E-state index contributed by atoms with van der Waals surface area (Å²) in [6.45, 7) is 0. The van der Waals surface area contributed by atoms with Crippen molar-refractivity contribution in [3.05, 3.63) is 23.0 Å². The summed E-state index contributed by atoms with van der Waals surface area (Å²) in [5.41, 5.74) is -0.158. The molecule has 0 spiro atoms. The van der Waals surface area contributed by atoms with E-state index in [-0.39, 0.29) is 10.8 Å². The Morgan fingerprint density at radius 3 is 2.14 bits per heavy atom. The maximum atomic E-state index is 10.5.